The van der Waals surface area contributed by atoms with Crippen LogP contribution in [0.25, 0.3) is 10.9 Å². The van der Waals surface area contributed by atoms with Gasteiger partial charge in [0.05, 0.1) is 78.5 Å². The van der Waals surface area contributed by atoms with Crippen LogP contribution in [0.1, 0.15) is 30.9 Å². The Bertz CT molecular complexity index is 1520. The molecule has 0 amide bonds. The number of methoxy groups -OCH3 is 1. The fraction of sp³-hybridized carbons (Fsp3) is 0.344. The highest BCUT2D eigenvalue weighted by molar-refractivity contribution is 6.42. The molecule has 0 bridgehead atoms. The summed E-state index contributed by atoms with van der Waals surface area (Å²) in [4.78, 5) is 30.6. The van der Waals surface area contributed by atoms with Crippen molar-refractivity contribution in [1.29, 1.82) is 0 Å². The standard InChI is InChI=1S/C32H35Cl2N3O6/c1-4-43-32(39)29-26(37-20(2)27(31(38)40-3)28(29)23-9-7-10-24(33)30(23)34)19-42-17-16-41-15-14-35-18-21-12-13-36-25-11-6-5-8-22(21)25/h5-13,28,35,37H,4,14-19H2,1-3H3. The van der Waals surface area contributed by atoms with Crippen molar-refractivity contribution < 1.29 is 28.5 Å². The van der Waals surface area contributed by atoms with Crippen LogP contribution in [0, 0.1) is 0 Å². The van der Waals surface area contributed by atoms with E-state index in [4.69, 9.17) is 42.1 Å². The van der Waals surface area contributed by atoms with Gasteiger partial charge in [0.15, 0.2) is 0 Å². The number of fused-ring (bicyclic) bond motifs is 1. The van der Waals surface area contributed by atoms with Crippen molar-refractivity contribution >= 4 is 46.0 Å². The molecule has 0 radical (unpaired) electrons. The second kappa shape index (κ2) is 15.8. The maximum absolute atomic E-state index is 13.3. The molecule has 3 aromatic rings. The molecule has 1 aromatic heterocycles. The van der Waals surface area contributed by atoms with Crippen LogP contribution >= 0.6 is 23.2 Å². The van der Waals surface area contributed by atoms with Crippen LogP contribution in [-0.4, -0.2) is 63.6 Å². The summed E-state index contributed by atoms with van der Waals surface area (Å²) in [6.45, 7) is 6.13. The molecule has 4 rings (SSSR count). The molecule has 1 aliphatic heterocycles. The van der Waals surface area contributed by atoms with E-state index in [1.165, 1.54) is 12.7 Å². The van der Waals surface area contributed by atoms with Gasteiger partial charge < -0.3 is 29.6 Å². The highest BCUT2D eigenvalue weighted by Gasteiger charge is 2.40. The summed E-state index contributed by atoms with van der Waals surface area (Å²) >= 11 is 12.9. The third-order valence-electron chi connectivity index (χ3n) is 6.93. The van der Waals surface area contributed by atoms with Crippen LogP contribution in [0.15, 0.2) is 77.3 Å². The van der Waals surface area contributed by atoms with Crippen molar-refractivity contribution in [3.63, 3.8) is 0 Å². The summed E-state index contributed by atoms with van der Waals surface area (Å²) < 4.78 is 22.1. The number of benzene rings is 2. The number of hydrogen-bond donors (Lipinski definition) is 2. The van der Waals surface area contributed by atoms with Gasteiger partial charge in [-0.2, -0.15) is 0 Å². The highest BCUT2D eigenvalue weighted by atomic mass is 35.5. The number of halogens is 2. The smallest absolute Gasteiger partial charge is 0.336 e. The number of aromatic nitrogens is 1. The van der Waals surface area contributed by atoms with Gasteiger partial charge in [0, 0.05) is 30.4 Å². The Balaban J connectivity index is 1.37. The third-order valence-corrected chi connectivity index (χ3v) is 7.77. The van der Waals surface area contributed by atoms with Crippen LogP contribution in [0.4, 0.5) is 0 Å². The molecule has 1 atom stereocenters. The van der Waals surface area contributed by atoms with Crippen molar-refractivity contribution in [2.24, 2.45) is 0 Å². The molecule has 0 aliphatic carbocycles. The number of pyridine rings is 1. The van der Waals surface area contributed by atoms with Crippen LogP contribution in [0.5, 0.6) is 0 Å². The number of para-hydroxylation sites is 1. The molecular weight excluding hydrogens is 593 g/mol. The van der Waals surface area contributed by atoms with Crippen molar-refractivity contribution in [1.82, 2.24) is 15.6 Å². The van der Waals surface area contributed by atoms with E-state index < -0.39 is 17.9 Å². The fourth-order valence-electron chi connectivity index (χ4n) is 4.97. The van der Waals surface area contributed by atoms with Gasteiger partial charge in [0.2, 0.25) is 0 Å². The molecular formula is C32H35Cl2N3O6. The largest absolute Gasteiger partial charge is 0.466 e. The molecule has 0 saturated carbocycles. The summed E-state index contributed by atoms with van der Waals surface area (Å²) in [6, 6.07) is 15.1. The molecule has 0 fully saturated rings. The van der Waals surface area contributed by atoms with Crippen molar-refractivity contribution in [2.75, 3.05) is 46.7 Å². The third kappa shape index (κ3) is 7.93. The Kier molecular flexibility index (Phi) is 12.0. The lowest BCUT2D eigenvalue weighted by atomic mass is 9.80. The normalized spacial score (nSPS) is 15.0. The summed E-state index contributed by atoms with van der Waals surface area (Å²) in [7, 11) is 1.28. The first kappa shape index (κ1) is 32.4. The zero-order valence-electron chi connectivity index (χ0n) is 24.4. The molecule has 1 aliphatic rings. The summed E-state index contributed by atoms with van der Waals surface area (Å²) in [6.07, 6.45) is 1.82. The van der Waals surface area contributed by atoms with E-state index in [-0.39, 0.29) is 36.0 Å². The lowest BCUT2D eigenvalue weighted by Gasteiger charge is -2.31. The van der Waals surface area contributed by atoms with Crippen LogP contribution in [0.2, 0.25) is 10.0 Å². The molecule has 11 heteroatoms. The molecule has 1 unspecified atom stereocenters. The van der Waals surface area contributed by atoms with Crippen LogP contribution in [0.3, 0.4) is 0 Å². The van der Waals surface area contributed by atoms with Gasteiger partial charge in [-0.1, -0.05) is 53.5 Å². The van der Waals surface area contributed by atoms with E-state index in [2.05, 4.69) is 21.7 Å². The first-order valence-electron chi connectivity index (χ1n) is 14.0. The maximum atomic E-state index is 13.3. The van der Waals surface area contributed by atoms with Gasteiger partial charge in [0.1, 0.15) is 0 Å². The van der Waals surface area contributed by atoms with E-state index in [0.717, 1.165) is 10.9 Å². The number of nitrogens with one attached hydrogen (secondary N) is 2. The second-order valence-electron chi connectivity index (χ2n) is 9.67. The summed E-state index contributed by atoms with van der Waals surface area (Å²) in [5.74, 6) is -2.09. The van der Waals surface area contributed by atoms with Crippen molar-refractivity contribution in [3.8, 4) is 0 Å². The number of ether oxygens (including phenoxy) is 4. The minimum atomic E-state index is -0.877. The van der Waals surface area contributed by atoms with E-state index in [0.29, 0.717) is 48.3 Å². The Morgan fingerprint density at radius 2 is 1.77 bits per heavy atom. The number of esters is 2. The van der Waals surface area contributed by atoms with E-state index >= 15 is 0 Å². The van der Waals surface area contributed by atoms with Crippen LogP contribution < -0.4 is 10.6 Å². The predicted molar refractivity (Wildman–Crippen MR) is 166 cm³/mol. The first-order chi connectivity index (χ1) is 20.9. The molecule has 0 spiro atoms. The average Bonchev–Trinajstić information content (AvgIpc) is 3.01. The Morgan fingerprint density at radius 1 is 0.977 bits per heavy atom. The molecule has 0 saturated heterocycles. The lowest BCUT2D eigenvalue weighted by molar-refractivity contribution is -0.139. The van der Waals surface area contributed by atoms with Crippen LogP contribution in [-0.2, 0) is 35.1 Å². The van der Waals surface area contributed by atoms with E-state index in [1.54, 1.807) is 32.0 Å². The number of rotatable bonds is 14. The van der Waals surface area contributed by atoms with Gasteiger partial charge in [-0.05, 0) is 43.2 Å². The molecule has 9 nitrogen and oxygen atoms in total. The Labute approximate surface area is 261 Å². The molecule has 228 valence electrons. The maximum Gasteiger partial charge on any atom is 0.336 e. The first-order valence-corrected chi connectivity index (χ1v) is 14.7. The number of nitrogens with zero attached hydrogens (tertiary/aromatic N) is 1. The molecule has 2 aromatic carbocycles. The van der Waals surface area contributed by atoms with E-state index in [1.807, 2.05) is 30.5 Å². The second-order valence-corrected chi connectivity index (χ2v) is 10.5. The van der Waals surface area contributed by atoms with Gasteiger partial charge >= 0.3 is 11.9 Å². The molecule has 2 heterocycles. The number of dihydropyridines is 1. The van der Waals surface area contributed by atoms with Gasteiger partial charge in [-0.15, -0.1) is 0 Å². The minimum absolute atomic E-state index is 0.0470. The molecule has 2 N–H and O–H groups in total. The SMILES string of the molecule is CCOC(=O)C1=C(COCCOCCNCc2ccnc3ccccc23)NC(C)=C(C(=O)OC)C1c1cccc(Cl)c1Cl. The quantitative estimate of drug-likeness (QED) is 0.181. The topological polar surface area (TPSA) is 108 Å². The predicted octanol–water partition coefficient (Wildman–Crippen LogP) is 5.32. The number of carbonyl (C=O) groups excluding carboxylic acids is 2. The highest BCUT2D eigenvalue weighted by Crippen LogP contribution is 2.43. The summed E-state index contributed by atoms with van der Waals surface area (Å²) in [5.41, 5.74) is 4.01. The monoisotopic (exact) mass is 627 g/mol. The number of allylic oxidation sites excluding steroid dienone is 1. The average molecular weight is 629 g/mol. The van der Waals surface area contributed by atoms with Crippen molar-refractivity contribution in [2.45, 2.75) is 26.3 Å². The van der Waals surface area contributed by atoms with E-state index in [9.17, 15) is 9.59 Å². The molecule has 43 heavy (non-hydrogen) atoms. The number of hydrogen-bond acceptors (Lipinski definition) is 9. The van der Waals surface area contributed by atoms with Gasteiger partial charge in [0.25, 0.3) is 0 Å². The minimum Gasteiger partial charge on any atom is -0.466 e. The zero-order chi connectivity index (χ0) is 30.8. The van der Waals surface area contributed by atoms with Gasteiger partial charge in [-0.3, -0.25) is 4.98 Å². The lowest BCUT2D eigenvalue weighted by Crippen LogP contribution is -2.35. The zero-order valence-corrected chi connectivity index (χ0v) is 25.9. The van der Waals surface area contributed by atoms with Gasteiger partial charge in [-0.25, -0.2) is 9.59 Å². The Hall–Kier alpha value is -3.47. The number of carbonyl (C=O) groups is 2. The summed E-state index contributed by atoms with van der Waals surface area (Å²) in [5, 5.41) is 8.20. The fourth-order valence-corrected chi connectivity index (χ4v) is 5.38. The Morgan fingerprint density at radius 3 is 2.56 bits per heavy atom. The van der Waals surface area contributed by atoms with Crippen molar-refractivity contribution in [3.05, 3.63) is 98.4 Å².